The maximum absolute atomic E-state index is 4.21. The second-order valence-corrected chi connectivity index (χ2v) is 5.69. The van der Waals surface area contributed by atoms with E-state index in [1.165, 1.54) is 50.6 Å². The van der Waals surface area contributed by atoms with E-state index in [4.69, 9.17) is 0 Å². The van der Waals surface area contributed by atoms with Gasteiger partial charge in [-0.3, -0.25) is 4.68 Å². The highest BCUT2D eigenvalue weighted by molar-refractivity contribution is 4.99. The fourth-order valence-corrected chi connectivity index (χ4v) is 3.10. The standard InChI is InChI=1S/C15H27N3/c1-3-5-13-6-4-7-14(9-8-13)16-12-15-10-11-17-18(15)2/h10-11,13-14,16H,3-9,12H2,1-2H3. The molecular weight excluding hydrogens is 222 g/mol. The molecule has 3 heteroatoms. The number of nitrogens with one attached hydrogen (secondary N) is 1. The van der Waals surface area contributed by atoms with Crippen molar-refractivity contribution in [3.8, 4) is 0 Å². The topological polar surface area (TPSA) is 29.9 Å². The van der Waals surface area contributed by atoms with Crippen LogP contribution in [0.1, 0.15) is 57.6 Å². The van der Waals surface area contributed by atoms with Crippen molar-refractivity contribution in [2.45, 2.75) is 64.5 Å². The third-order valence-electron chi connectivity index (χ3n) is 4.28. The van der Waals surface area contributed by atoms with Crippen LogP contribution in [0.4, 0.5) is 0 Å². The zero-order valence-corrected chi connectivity index (χ0v) is 11.9. The van der Waals surface area contributed by atoms with Crippen LogP contribution in [0, 0.1) is 5.92 Å². The van der Waals surface area contributed by atoms with Gasteiger partial charge in [0.2, 0.25) is 0 Å². The van der Waals surface area contributed by atoms with Gasteiger partial charge in [-0.15, -0.1) is 0 Å². The number of hydrogen-bond donors (Lipinski definition) is 1. The van der Waals surface area contributed by atoms with E-state index in [0.717, 1.165) is 12.5 Å². The monoisotopic (exact) mass is 249 g/mol. The van der Waals surface area contributed by atoms with Crippen LogP contribution in [0.2, 0.25) is 0 Å². The van der Waals surface area contributed by atoms with Crippen molar-refractivity contribution in [3.05, 3.63) is 18.0 Å². The Morgan fingerprint density at radius 1 is 1.33 bits per heavy atom. The molecule has 2 rings (SSSR count). The molecule has 1 fully saturated rings. The lowest BCUT2D eigenvalue weighted by molar-refractivity contribution is 0.408. The molecule has 102 valence electrons. The molecule has 1 aliphatic rings. The number of nitrogens with zero attached hydrogens (tertiary/aromatic N) is 2. The van der Waals surface area contributed by atoms with Gasteiger partial charge in [0.05, 0.1) is 5.69 Å². The Morgan fingerprint density at radius 3 is 2.94 bits per heavy atom. The molecule has 0 aliphatic heterocycles. The average molecular weight is 249 g/mol. The Kier molecular flexibility index (Phi) is 5.24. The molecule has 0 saturated heterocycles. The van der Waals surface area contributed by atoms with Crippen molar-refractivity contribution < 1.29 is 0 Å². The van der Waals surface area contributed by atoms with Crippen molar-refractivity contribution in [2.24, 2.45) is 13.0 Å². The summed E-state index contributed by atoms with van der Waals surface area (Å²) in [6, 6.07) is 2.81. The zero-order chi connectivity index (χ0) is 12.8. The van der Waals surface area contributed by atoms with Gasteiger partial charge >= 0.3 is 0 Å². The summed E-state index contributed by atoms with van der Waals surface area (Å²) in [5.41, 5.74) is 1.28. The molecule has 2 atom stereocenters. The summed E-state index contributed by atoms with van der Waals surface area (Å²) in [5.74, 6) is 0.985. The molecule has 18 heavy (non-hydrogen) atoms. The van der Waals surface area contributed by atoms with Crippen LogP contribution in [-0.4, -0.2) is 15.8 Å². The summed E-state index contributed by atoms with van der Waals surface area (Å²) >= 11 is 0. The SMILES string of the molecule is CCCC1CCCC(NCc2ccnn2C)CC1. The van der Waals surface area contributed by atoms with Crippen LogP contribution in [-0.2, 0) is 13.6 Å². The maximum Gasteiger partial charge on any atom is 0.0518 e. The van der Waals surface area contributed by atoms with Gasteiger partial charge in [-0.05, 0) is 31.2 Å². The highest BCUT2D eigenvalue weighted by Crippen LogP contribution is 2.26. The fourth-order valence-electron chi connectivity index (χ4n) is 3.10. The number of hydrogen-bond acceptors (Lipinski definition) is 2. The van der Waals surface area contributed by atoms with Gasteiger partial charge in [0, 0.05) is 25.8 Å². The van der Waals surface area contributed by atoms with E-state index >= 15 is 0 Å². The first kappa shape index (κ1) is 13.6. The lowest BCUT2D eigenvalue weighted by Crippen LogP contribution is -2.28. The first-order chi connectivity index (χ1) is 8.79. The minimum atomic E-state index is 0.710. The van der Waals surface area contributed by atoms with Gasteiger partial charge in [0.15, 0.2) is 0 Å². The quantitative estimate of drug-likeness (QED) is 0.812. The van der Waals surface area contributed by atoms with E-state index in [1.807, 2.05) is 17.9 Å². The summed E-state index contributed by atoms with van der Waals surface area (Å²) in [7, 11) is 2.02. The van der Waals surface area contributed by atoms with Gasteiger partial charge in [-0.2, -0.15) is 5.10 Å². The third kappa shape index (κ3) is 3.84. The van der Waals surface area contributed by atoms with Gasteiger partial charge < -0.3 is 5.32 Å². The molecule has 0 bridgehead atoms. The van der Waals surface area contributed by atoms with Crippen LogP contribution < -0.4 is 5.32 Å². The number of rotatable bonds is 5. The van der Waals surface area contributed by atoms with Gasteiger partial charge in [0.25, 0.3) is 0 Å². The number of aryl methyl sites for hydroxylation is 1. The first-order valence-corrected chi connectivity index (χ1v) is 7.50. The molecule has 0 radical (unpaired) electrons. The molecule has 3 nitrogen and oxygen atoms in total. The smallest absolute Gasteiger partial charge is 0.0518 e. The lowest BCUT2D eigenvalue weighted by Gasteiger charge is -2.16. The molecular formula is C15H27N3. The van der Waals surface area contributed by atoms with Crippen molar-refractivity contribution in [2.75, 3.05) is 0 Å². The highest BCUT2D eigenvalue weighted by atomic mass is 15.3. The largest absolute Gasteiger partial charge is 0.308 e. The fraction of sp³-hybridized carbons (Fsp3) is 0.800. The van der Waals surface area contributed by atoms with Crippen LogP contribution in [0.25, 0.3) is 0 Å². The van der Waals surface area contributed by atoms with E-state index in [0.29, 0.717) is 6.04 Å². The minimum Gasteiger partial charge on any atom is -0.308 e. The molecule has 2 unspecified atom stereocenters. The second-order valence-electron chi connectivity index (χ2n) is 5.69. The van der Waals surface area contributed by atoms with Crippen LogP contribution in [0.3, 0.4) is 0 Å². The normalized spacial score (nSPS) is 25.0. The van der Waals surface area contributed by atoms with Gasteiger partial charge in [-0.25, -0.2) is 0 Å². The molecule has 0 amide bonds. The van der Waals surface area contributed by atoms with E-state index in [-0.39, 0.29) is 0 Å². The van der Waals surface area contributed by atoms with Gasteiger partial charge in [0.1, 0.15) is 0 Å². The molecule has 1 aliphatic carbocycles. The van der Waals surface area contributed by atoms with Crippen LogP contribution in [0.5, 0.6) is 0 Å². The predicted molar refractivity (Wildman–Crippen MR) is 75.3 cm³/mol. The van der Waals surface area contributed by atoms with Crippen molar-refractivity contribution in [3.63, 3.8) is 0 Å². The Bertz CT molecular complexity index is 345. The van der Waals surface area contributed by atoms with Crippen molar-refractivity contribution in [1.29, 1.82) is 0 Å². The van der Waals surface area contributed by atoms with Crippen molar-refractivity contribution >= 4 is 0 Å². The molecule has 1 aromatic heterocycles. The Balaban J connectivity index is 1.75. The Hall–Kier alpha value is -0.830. The average Bonchev–Trinajstić information content (AvgIpc) is 2.63. The van der Waals surface area contributed by atoms with E-state index in [2.05, 4.69) is 23.4 Å². The van der Waals surface area contributed by atoms with E-state index < -0.39 is 0 Å². The predicted octanol–water partition coefficient (Wildman–Crippen LogP) is 3.26. The van der Waals surface area contributed by atoms with Crippen LogP contribution in [0.15, 0.2) is 12.3 Å². The summed E-state index contributed by atoms with van der Waals surface area (Å²) in [6.07, 6.45) is 11.6. The lowest BCUT2D eigenvalue weighted by atomic mass is 9.95. The summed E-state index contributed by atoms with van der Waals surface area (Å²) in [5, 5.41) is 7.92. The zero-order valence-electron chi connectivity index (χ0n) is 11.9. The molecule has 1 saturated carbocycles. The highest BCUT2D eigenvalue weighted by Gasteiger charge is 2.18. The minimum absolute atomic E-state index is 0.710. The molecule has 1 aromatic rings. The van der Waals surface area contributed by atoms with E-state index in [9.17, 15) is 0 Å². The molecule has 1 N–H and O–H groups in total. The first-order valence-electron chi connectivity index (χ1n) is 7.50. The van der Waals surface area contributed by atoms with Gasteiger partial charge in [-0.1, -0.05) is 32.6 Å². The Labute approximate surface area is 111 Å². The van der Waals surface area contributed by atoms with Crippen LogP contribution >= 0.6 is 0 Å². The molecule has 1 heterocycles. The van der Waals surface area contributed by atoms with E-state index in [1.54, 1.807) is 0 Å². The second kappa shape index (κ2) is 6.93. The Morgan fingerprint density at radius 2 is 2.22 bits per heavy atom. The summed E-state index contributed by atoms with van der Waals surface area (Å²) in [6.45, 7) is 3.27. The summed E-state index contributed by atoms with van der Waals surface area (Å²) in [4.78, 5) is 0. The molecule has 0 spiro atoms. The molecule has 0 aromatic carbocycles. The third-order valence-corrected chi connectivity index (χ3v) is 4.28. The maximum atomic E-state index is 4.21. The number of aromatic nitrogens is 2. The van der Waals surface area contributed by atoms with Crippen molar-refractivity contribution in [1.82, 2.24) is 15.1 Å². The summed E-state index contributed by atoms with van der Waals surface area (Å²) < 4.78 is 1.96.